The molecule has 0 saturated carbocycles. The zero-order valence-electron chi connectivity index (χ0n) is 11.7. The molecule has 0 aliphatic carbocycles. The second kappa shape index (κ2) is 11.3. The van der Waals surface area contributed by atoms with Crippen molar-refractivity contribution in [2.75, 3.05) is 37.7 Å². The minimum Gasteiger partial charge on any atom is -0.352 e. The lowest BCUT2D eigenvalue weighted by Crippen LogP contribution is -2.20. The molecule has 5 nitrogen and oxygen atoms in total. The topological polar surface area (TPSA) is 54.0 Å². The van der Waals surface area contributed by atoms with Crippen LogP contribution in [-0.4, -0.2) is 44.0 Å². The maximum absolute atomic E-state index is 12.2. The summed E-state index contributed by atoms with van der Waals surface area (Å²) in [6, 6.07) is 0. The minimum atomic E-state index is -2.96. The van der Waals surface area contributed by atoms with E-state index in [-0.39, 0.29) is 6.29 Å². The van der Waals surface area contributed by atoms with Crippen molar-refractivity contribution in [1.82, 2.24) is 0 Å². The quantitative estimate of drug-likeness (QED) is 0.407. The highest BCUT2D eigenvalue weighted by molar-refractivity contribution is 8.04. The fourth-order valence-electron chi connectivity index (χ4n) is 1.28. The molecular weight excluding hydrogens is 275 g/mol. The second-order valence-electron chi connectivity index (χ2n) is 3.29. The van der Waals surface area contributed by atoms with E-state index in [0.29, 0.717) is 37.7 Å². The molecular formula is C11H25O5PS. The molecule has 0 rings (SSSR count). The molecule has 0 heterocycles. The maximum Gasteiger partial charge on any atom is 0.340 e. The van der Waals surface area contributed by atoms with Gasteiger partial charge in [0.25, 0.3) is 0 Å². The van der Waals surface area contributed by atoms with Crippen LogP contribution < -0.4 is 0 Å². The van der Waals surface area contributed by atoms with Crippen molar-refractivity contribution >= 4 is 19.4 Å². The summed E-state index contributed by atoms with van der Waals surface area (Å²) >= 11 is 1.46. The molecule has 0 N–H and O–H groups in total. The third-order valence-corrected chi connectivity index (χ3v) is 5.67. The van der Waals surface area contributed by atoms with E-state index in [4.69, 9.17) is 18.5 Å². The monoisotopic (exact) mass is 300 g/mol. The Balaban J connectivity index is 4.06. The summed E-state index contributed by atoms with van der Waals surface area (Å²) in [4.78, 5) is 0. The highest BCUT2D eigenvalue weighted by Gasteiger charge is 2.24. The predicted octanol–water partition coefficient (Wildman–Crippen LogP) is 3.34. The van der Waals surface area contributed by atoms with E-state index < -0.39 is 7.60 Å². The second-order valence-corrected chi connectivity index (χ2v) is 6.80. The SMILES string of the molecule is CCOC(CSCP(=O)(OCC)OCC)OCC. The first kappa shape index (κ1) is 18.4. The molecule has 0 fully saturated rings. The number of hydrogen-bond acceptors (Lipinski definition) is 6. The average Bonchev–Trinajstić information content (AvgIpc) is 2.30. The van der Waals surface area contributed by atoms with Gasteiger partial charge in [0.15, 0.2) is 6.29 Å². The Morgan fingerprint density at radius 3 is 1.83 bits per heavy atom. The van der Waals surface area contributed by atoms with Gasteiger partial charge in [-0.15, -0.1) is 11.8 Å². The van der Waals surface area contributed by atoms with Gasteiger partial charge in [0.05, 0.1) is 18.7 Å². The summed E-state index contributed by atoms with van der Waals surface area (Å²) in [5.74, 6) is 0.617. The van der Waals surface area contributed by atoms with Gasteiger partial charge in [0.1, 0.15) is 0 Å². The van der Waals surface area contributed by atoms with Crippen LogP contribution in [0.25, 0.3) is 0 Å². The molecule has 0 aliphatic heterocycles. The Kier molecular flexibility index (Phi) is 11.5. The molecule has 110 valence electrons. The van der Waals surface area contributed by atoms with Gasteiger partial charge in [-0.05, 0) is 27.7 Å². The third kappa shape index (κ3) is 8.51. The maximum atomic E-state index is 12.2. The molecule has 0 spiro atoms. The van der Waals surface area contributed by atoms with Crippen LogP contribution in [0.1, 0.15) is 27.7 Å². The molecule has 0 unspecified atom stereocenters. The minimum absolute atomic E-state index is 0.262. The summed E-state index contributed by atoms with van der Waals surface area (Å²) in [6.07, 6.45) is -0.262. The van der Waals surface area contributed by atoms with Crippen molar-refractivity contribution in [1.29, 1.82) is 0 Å². The number of hydrogen-bond donors (Lipinski definition) is 0. The molecule has 0 radical (unpaired) electrons. The van der Waals surface area contributed by atoms with Crippen LogP contribution in [0.3, 0.4) is 0 Å². The van der Waals surface area contributed by atoms with Crippen molar-refractivity contribution in [3.05, 3.63) is 0 Å². The zero-order chi connectivity index (χ0) is 13.9. The van der Waals surface area contributed by atoms with Gasteiger partial charge >= 0.3 is 7.60 Å². The predicted molar refractivity (Wildman–Crippen MR) is 75.2 cm³/mol. The van der Waals surface area contributed by atoms with E-state index >= 15 is 0 Å². The molecule has 0 aliphatic rings. The van der Waals surface area contributed by atoms with Gasteiger partial charge in [-0.2, -0.15) is 0 Å². The Bertz CT molecular complexity index is 223. The van der Waals surface area contributed by atoms with Crippen LogP contribution in [0.4, 0.5) is 0 Å². The van der Waals surface area contributed by atoms with Gasteiger partial charge in [-0.25, -0.2) is 0 Å². The normalized spacial score (nSPS) is 12.3. The van der Waals surface area contributed by atoms with Crippen LogP contribution in [-0.2, 0) is 23.1 Å². The lowest BCUT2D eigenvalue weighted by Gasteiger charge is -2.19. The van der Waals surface area contributed by atoms with E-state index in [9.17, 15) is 4.57 Å². The molecule has 18 heavy (non-hydrogen) atoms. The average molecular weight is 300 g/mol. The third-order valence-electron chi connectivity index (χ3n) is 1.86. The molecule has 0 saturated heterocycles. The summed E-state index contributed by atoms with van der Waals surface area (Å²) in [6.45, 7) is 9.42. The highest BCUT2D eigenvalue weighted by Crippen LogP contribution is 2.50. The van der Waals surface area contributed by atoms with Crippen LogP contribution in [0, 0.1) is 0 Å². The summed E-state index contributed by atoms with van der Waals surface area (Å²) < 4.78 is 33.4. The molecule has 0 aromatic carbocycles. The Morgan fingerprint density at radius 2 is 1.44 bits per heavy atom. The fourth-order valence-corrected chi connectivity index (χ4v) is 4.44. The van der Waals surface area contributed by atoms with Gasteiger partial charge in [-0.1, -0.05) is 0 Å². The summed E-state index contributed by atoms with van der Waals surface area (Å²) in [5.41, 5.74) is 0.325. The Hall–Kier alpha value is 0.420. The summed E-state index contributed by atoms with van der Waals surface area (Å²) in [5, 5.41) is 0. The Morgan fingerprint density at radius 1 is 0.944 bits per heavy atom. The molecule has 0 bridgehead atoms. The summed E-state index contributed by atoms with van der Waals surface area (Å²) in [7, 11) is -2.96. The van der Waals surface area contributed by atoms with Crippen LogP contribution >= 0.6 is 19.4 Å². The van der Waals surface area contributed by atoms with Crippen molar-refractivity contribution in [2.45, 2.75) is 34.0 Å². The molecule has 0 amide bonds. The first-order chi connectivity index (χ1) is 8.61. The van der Waals surface area contributed by atoms with Gasteiger partial charge < -0.3 is 18.5 Å². The van der Waals surface area contributed by atoms with Crippen molar-refractivity contribution in [2.24, 2.45) is 0 Å². The molecule has 0 aromatic heterocycles. The zero-order valence-corrected chi connectivity index (χ0v) is 13.4. The first-order valence-electron chi connectivity index (χ1n) is 6.30. The van der Waals surface area contributed by atoms with E-state index in [2.05, 4.69) is 0 Å². The van der Waals surface area contributed by atoms with Crippen LogP contribution in [0.5, 0.6) is 0 Å². The van der Waals surface area contributed by atoms with Gasteiger partial charge in [0.2, 0.25) is 0 Å². The van der Waals surface area contributed by atoms with E-state index in [1.807, 2.05) is 13.8 Å². The van der Waals surface area contributed by atoms with Gasteiger partial charge in [-0.3, -0.25) is 4.57 Å². The standard InChI is InChI=1S/C11H25O5PS/c1-5-13-11(14-6-2)9-18-10-17(12,15-7-3)16-8-4/h11H,5-10H2,1-4H3. The van der Waals surface area contributed by atoms with Crippen molar-refractivity contribution in [3.8, 4) is 0 Å². The Labute approximate surface area is 114 Å². The first-order valence-corrected chi connectivity index (χ1v) is 9.19. The highest BCUT2D eigenvalue weighted by atomic mass is 32.2. The van der Waals surface area contributed by atoms with Crippen LogP contribution in [0.15, 0.2) is 0 Å². The number of thioether (sulfide) groups is 1. The molecule has 0 aromatic rings. The van der Waals surface area contributed by atoms with Crippen LogP contribution in [0.2, 0.25) is 0 Å². The van der Waals surface area contributed by atoms with Crippen molar-refractivity contribution < 1.29 is 23.1 Å². The lowest BCUT2D eigenvalue weighted by atomic mass is 10.7. The fraction of sp³-hybridized carbons (Fsp3) is 1.00. The molecule has 0 atom stereocenters. The van der Waals surface area contributed by atoms with E-state index in [0.717, 1.165) is 0 Å². The molecule has 7 heteroatoms. The smallest absolute Gasteiger partial charge is 0.340 e. The largest absolute Gasteiger partial charge is 0.352 e. The van der Waals surface area contributed by atoms with Crippen molar-refractivity contribution in [3.63, 3.8) is 0 Å². The number of ether oxygens (including phenoxy) is 2. The van der Waals surface area contributed by atoms with E-state index in [1.165, 1.54) is 11.8 Å². The number of rotatable bonds is 12. The van der Waals surface area contributed by atoms with E-state index in [1.54, 1.807) is 13.8 Å². The lowest BCUT2D eigenvalue weighted by molar-refractivity contribution is -0.120. The van der Waals surface area contributed by atoms with Gasteiger partial charge in [0, 0.05) is 19.0 Å².